The van der Waals surface area contributed by atoms with Gasteiger partial charge in [0, 0.05) is 11.8 Å². The van der Waals surface area contributed by atoms with Gasteiger partial charge in [-0.2, -0.15) is 0 Å². The van der Waals surface area contributed by atoms with Gasteiger partial charge in [-0.1, -0.05) is 17.7 Å². The van der Waals surface area contributed by atoms with E-state index in [2.05, 4.69) is 5.32 Å². The molecule has 0 aliphatic carbocycles. The van der Waals surface area contributed by atoms with Crippen LogP contribution in [0.3, 0.4) is 0 Å². The SMILES string of the molecule is COc1cc(/C=C/C(=O)OCC(=O)Nc2ccc(F)c(Cl)c2)ccc1O. The van der Waals surface area contributed by atoms with Gasteiger partial charge in [0.2, 0.25) is 0 Å². The summed E-state index contributed by atoms with van der Waals surface area (Å²) in [6, 6.07) is 8.22. The standard InChI is InChI=1S/C18H15ClFNO5/c1-25-16-8-11(2-6-15(16)22)3-7-18(24)26-10-17(23)21-12-4-5-14(20)13(19)9-12/h2-9,22H,10H2,1H3,(H,21,23)/b7-3+. The number of anilines is 1. The summed E-state index contributed by atoms with van der Waals surface area (Å²) in [6.07, 6.45) is 2.58. The number of benzene rings is 2. The first-order chi connectivity index (χ1) is 12.4. The Morgan fingerprint density at radius 2 is 2.04 bits per heavy atom. The lowest BCUT2D eigenvalue weighted by atomic mass is 10.2. The number of methoxy groups -OCH3 is 1. The quantitative estimate of drug-likeness (QED) is 0.593. The van der Waals surface area contributed by atoms with E-state index in [1.54, 1.807) is 6.07 Å². The largest absolute Gasteiger partial charge is 0.504 e. The lowest BCUT2D eigenvalue weighted by Crippen LogP contribution is -2.20. The molecule has 0 atom stereocenters. The fourth-order valence-corrected chi connectivity index (χ4v) is 2.10. The highest BCUT2D eigenvalue weighted by Gasteiger charge is 2.08. The minimum atomic E-state index is -0.732. The number of aromatic hydroxyl groups is 1. The second-order valence-corrected chi connectivity index (χ2v) is 5.46. The van der Waals surface area contributed by atoms with Gasteiger partial charge in [0.25, 0.3) is 5.91 Å². The molecule has 0 fully saturated rings. The predicted molar refractivity (Wildman–Crippen MR) is 94.7 cm³/mol. The van der Waals surface area contributed by atoms with Crippen molar-refractivity contribution in [1.29, 1.82) is 0 Å². The zero-order valence-corrected chi connectivity index (χ0v) is 14.4. The van der Waals surface area contributed by atoms with Gasteiger partial charge < -0.3 is 19.9 Å². The van der Waals surface area contributed by atoms with E-state index in [9.17, 15) is 19.1 Å². The van der Waals surface area contributed by atoms with E-state index in [1.807, 2.05) is 0 Å². The number of halogens is 2. The van der Waals surface area contributed by atoms with Crippen LogP contribution in [-0.2, 0) is 14.3 Å². The van der Waals surface area contributed by atoms with Gasteiger partial charge in [-0.15, -0.1) is 0 Å². The Morgan fingerprint density at radius 1 is 1.27 bits per heavy atom. The second-order valence-electron chi connectivity index (χ2n) is 5.05. The Labute approximate surface area is 153 Å². The number of carbonyl (C=O) groups excluding carboxylic acids is 2. The minimum absolute atomic E-state index is 0.0233. The van der Waals surface area contributed by atoms with Crippen molar-refractivity contribution in [2.75, 3.05) is 19.0 Å². The van der Waals surface area contributed by atoms with Gasteiger partial charge in [-0.3, -0.25) is 4.79 Å². The van der Waals surface area contributed by atoms with Gasteiger partial charge >= 0.3 is 5.97 Å². The van der Waals surface area contributed by atoms with Gasteiger partial charge in [0.15, 0.2) is 18.1 Å². The molecule has 0 saturated carbocycles. The third-order valence-corrected chi connectivity index (χ3v) is 3.45. The second kappa shape index (κ2) is 8.87. The van der Waals surface area contributed by atoms with E-state index in [-0.39, 0.29) is 22.2 Å². The number of esters is 1. The molecule has 0 unspecified atom stereocenters. The van der Waals surface area contributed by atoms with Crippen molar-refractivity contribution >= 4 is 35.2 Å². The molecule has 0 spiro atoms. The van der Waals surface area contributed by atoms with E-state index in [1.165, 1.54) is 37.5 Å². The number of phenolic OH excluding ortho intramolecular Hbond substituents is 1. The van der Waals surface area contributed by atoms with Gasteiger partial charge in [-0.25, -0.2) is 9.18 Å². The summed E-state index contributed by atoms with van der Waals surface area (Å²) in [5.74, 6) is -1.69. The molecule has 0 saturated heterocycles. The third-order valence-electron chi connectivity index (χ3n) is 3.16. The molecule has 26 heavy (non-hydrogen) atoms. The molecule has 2 rings (SSSR count). The maximum absolute atomic E-state index is 13.0. The van der Waals surface area contributed by atoms with Crippen molar-refractivity contribution in [3.8, 4) is 11.5 Å². The Balaban J connectivity index is 1.85. The van der Waals surface area contributed by atoms with E-state index >= 15 is 0 Å². The molecule has 6 nitrogen and oxygen atoms in total. The van der Waals surface area contributed by atoms with Crippen LogP contribution in [0.1, 0.15) is 5.56 Å². The lowest BCUT2D eigenvalue weighted by molar-refractivity contribution is -0.142. The third kappa shape index (κ3) is 5.49. The van der Waals surface area contributed by atoms with E-state index in [0.717, 1.165) is 12.1 Å². The van der Waals surface area contributed by atoms with Crippen LogP contribution in [0.5, 0.6) is 11.5 Å². The molecule has 0 aliphatic rings. The topological polar surface area (TPSA) is 84.9 Å². The maximum Gasteiger partial charge on any atom is 0.331 e. The van der Waals surface area contributed by atoms with Crippen LogP contribution in [0.4, 0.5) is 10.1 Å². The molecule has 2 aromatic carbocycles. The molecule has 0 aromatic heterocycles. The number of nitrogens with one attached hydrogen (secondary N) is 1. The van der Waals surface area contributed by atoms with Crippen LogP contribution in [-0.4, -0.2) is 30.7 Å². The van der Waals surface area contributed by atoms with Crippen LogP contribution >= 0.6 is 11.6 Å². The molecular formula is C18H15ClFNO5. The number of amides is 1. The van der Waals surface area contributed by atoms with Crippen LogP contribution in [0.25, 0.3) is 6.08 Å². The predicted octanol–water partition coefficient (Wildman–Crippen LogP) is 3.39. The first-order valence-electron chi connectivity index (χ1n) is 7.36. The summed E-state index contributed by atoms with van der Waals surface area (Å²) in [5, 5.41) is 11.8. The van der Waals surface area contributed by atoms with E-state index in [0.29, 0.717) is 5.56 Å². The molecule has 0 radical (unpaired) electrons. The highest BCUT2D eigenvalue weighted by Crippen LogP contribution is 2.26. The fraction of sp³-hybridized carbons (Fsp3) is 0.111. The highest BCUT2D eigenvalue weighted by atomic mass is 35.5. The zero-order valence-electron chi connectivity index (χ0n) is 13.7. The average molecular weight is 380 g/mol. The lowest BCUT2D eigenvalue weighted by Gasteiger charge is -2.06. The highest BCUT2D eigenvalue weighted by molar-refractivity contribution is 6.31. The Hall–Kier alpha value is -3.06. The molecule has 136 valence electrons. The van der Waals surface area contributed by atoms with Gasteiger partial charge in [0.05, 0.1) is 12.1 Å². The van der Waals surface area contributed by atoms with Gasteiger partial charge in [0.1, 0.15) is 5.82 Å². The Kier molecular flexibility index (Phi) is 6.57. The normalized spacial score (nSPS) is 10.6. The number of hydrogen-bond donors (Lipinski definition) is 2. The Morgan fingerprint density at radius 3 is 2.73 bits per heavy atom. The van der Waals surface area contributed by atoms with Crippen molar-refractivity contribution in [2.24, 2.45) is 0 Å². The number of phenols is 1. The Bertz CT molecular complexity index is 853. The molecule has 2 aromatic rings. The molecule has 0 bridgehead atoms. The van der Waals surface area contributed by atoms with Crippen molar-refractivity contribution in [3.63, 3.8) is 0 Å². The fourth-order valence-electron chi connectivity index (χ4n) is 1.92. The summed E-state index contributed by atoms with van der Waals surface area (Å²) in [7, 11) is 1.41. The average Bonchev–Trinajstić information content (AvgIpc) is 2.62. The summed E-state index contributed by atoms with van der Waals surface area (Å²) < 4.78 is 22.8. The molecule has 1 amide bonds. The smallest absolute Gasteiger partial charge is 0.331 e. The number of rotatable bonds is 6. The van der Waals surface area contributed by atoms with Crippen LogP contribution in [0.15, 0.2) is 42.5 Å². The van der Waals surface area contributed by atoms with Crippen molar-refractivity contribution < 1.29 is 28.6 Å². The molecule has 8 heteroatoms. The molecular weight excluding hydrogens is 365 g/mol. The summed E-state index contributed by atoms with van der Waals surface area (Å²) >= 11 is 5.61. The minimum Gasteiger partial charge on any atom is -0.504 e. The maximum atomic E-state index is 13.0. The monoisotopic (exact) mass is 379 g/mol. The van der Waals surface area contributed by atoms with Crippen molar-refractivity contribution in [3.05, 3.63) is 58.9 Å². The molecule has 0 heterocycles. The summed E-state index contributed by atoms with van der Waals surface area (Å²) in [6.45, 7) is -0.517. The molecule has 0 aliphatic heterocycles. The van der Waals surface area contributed by atoms with E-state index in [4.69, 9.17) is 21.1 Å². The van der Waals surface area contributed by atoms with E-state index < -0.39 is 24.3 Å². The van der Waals surface area contributed by atoms with Crippen LogP contribution < -0.4 is 10.1 Å². The van der Waals surface area contributed by atoms with Crippen molar-refractivity contribution in [2.45, 2.75) is 0 Å². The summed E-state index contributed by atoms with van der Waals surface area (Å²) in [4.78, 5) is 23.4. The van der Waals surface area contributed by atoms with Crippen LogP contribution in [0, 0.1) is 5.82 Å². The molecule has 2 N–H and O–H groups in total. The number of ether oxygens (including phenoxy) is 2. The van der Waals surface area contributed by atoms with Gasteiger partial charge in [-0.05, 0) is 42.0 Å². The first kappa shape index (κ1) is 19.3. The van der Waals surface area contributed by atoms with Crippen molar-refractivity contribution in [1.82, 2.24) is 0 Å². The number of carbonyl (C=O) groups is 2. The first-order valence-corrected chi connectivity index (χ1v) is 7.73. The summed E-state index contributed by atoms with van der Waals surface area (Å²) in [5.41, 5.74) is 0.881. The van der Waals surface area contributed by atoms with Crippen LogP contribution in [0.2, 0.25) is 5.02 Å². The zero-order chi connectivity index (χ0) is 19.1. The number of hydrogen-bond acceptors (Lipinski definition) is 5.